The molecule has 0 radical (unpaired) electrons. The van der Waals surface area contributed by atoms with Crippen LogP contribution in [0, 0.1) is 13.8 Å². The molecule has 0 amide bonds. The molecule has 0 fully saturated rings. The molecule has 2 N–H and O–H groups in total. The van der Waals surface area contributed by atoms with E-state index < -0.39 is 0 Å². The summed E-state index contributed by atoms with van der Waals surface area (Å²) in [5.41, 5.74) is 3.63. The van der Waals surface area contributed by atoms with Gasteiger partial charge >= 0.3 is 0 Å². The van der Waals surface area contributed by atoms with Gasteiger partial charge in [-0.15, -0.1) is 0 Å². The van der Waals surface area contributed by atoms with Crippen LogP contribution >= 0.6 is 0 Å². The molecule has 0 heterocycles. The number of rotatable bonds is 2. The van der Waals surface area contributed by atoms with Crippen LogP contribution in [0.5, 0.6) is 0 Å². The van der Waals surface area contributed by atoms with Gasteiger partial charge in [-0.3, -0.25) is 0 Å². The number of hydrazine groups is 1. The molecule has 1 rings (SSSR count). The van der Waals surface area contributed by atoms with E-state index in [1.54, 1.807) is 5.01 Å². The summed E-state index contributed by atoms with van der Waals surface area (Å²) in [6, 6.07) is 6.29. The van der Waals surface area contributed by atoms with Crippen molar-refractivity contribution in [3.8, 4) is 0 Å². The van der Waals surface area contributed by atoms with Crippen LogP contribution in [-0.4, -0.2) is 6.54 Å². The molecule has 2 heteroatoms. The van der Waals surface area contributed by atoms with Crippen molar-refractivity contribution in [2.24, 2.45) is 5.84 Å². The highest BCUT2D eigenvalue weighted by atomic mass is 15.4. The fourth-order valence-electron chi connectivity index (χ4n) is 1.30. The fourth-order valence-corrected chi connectivity index (χ4v) is 1.30. The van der Waals surface area contributed by atoms with Crippen LogP contribution in [0.4, 0.5) is 5.69 Å². The standard InChI is InChI=1S/C10H16N2/c1-4-12(11)10-6-5-8(2)7-9(10)3/h5-7H,4,11H2,1-3H3. The normalized spacial score (nSPS) is 10.0. The van der Waals surface area contributed by atoms with E-state index in [1.165, 1.54) is 11.1 Å². The van der Waals surface area contributed by atoms with Gasteiger partial charge in [-0.25, -0.2) is 5.84 Å². The van der Waals surface area contributed by atoms with Gasteiger partial charge in [0.15, 0.2) is 0 Å². The highest BCUT2D eigenvalue weighted by Gasteiger charge is 2.01. The van der Waals surface area contributed by atoms with Crippen molar-refractivity contribution in [3.05, 3.63) is 29.3 Å². The van der Waals surface area contributed by atoms with Crippen molar-refractivity contribution >= 4 is 5.69 Å². The van der Waals surface area contributed by atoms with E-state index in [2.05, 4.69) is 32.0 Å². The van der Waals surface area contributed by atoms with Crippen molar-refractivity contribution in [1.29, 1.82) is 0 Å². The molecule has 0 unspecified atom stereocenters. The Morgan fingerprint density at radius 1 is 1.33 bits per heavy atom. The lowest BCUT2D eigenvalue weighted by molar-refractivity contribution is 0.886. The highest BCUT2D eigenvalue weighted by Crippen LogP contribution is 2.18. The van der Waals surface area contributed by atoms with Gasteiger partial charge in [0.05, 0.1) is 5.69 Å². The van der Waals surface area contributed by atoms with Gasteiger partial charge in [0.25, 0.3) is 0 Å². The fraction of sp³-hybridized carbons (Fsp3) is 0.400. The van der Waals surface area contributed by atoms with Crippen LogP contribution in [-0.2, 0) is 0 Å². The quantitative estimate of drug-likeness (QED) is 0.535. The third-order valence-corrected chi connectivity index (χ3v) is 2.00. The number of nitrogens with zero attached hydrogens (tertiary/aromatic N) is 1. The van der Waals surface area contributed by atoms with Gasteiger partial charge in [0.2, 0.25) is 0 Å². The van der Waals surface area contributed by atoms with Gasteiger partial charge in [0, 0.05) is 6.54 Å². The molecule has 0 saturated heterocycles. The summed E-state index contributed by atoms with van der Waals surface area (Å²) >= 11 is 0. The van der Waals surface area contributed by atoms with Crippen molar-refractivity contribution in [1.82, 2.24) is 0 Å². The van der Waals surface area contributed by atoms with E-state index in [0.29, 0.717) is 0 Å². The monoisotopic (exact) mass is 164 g/mol. The zero-order chi connectivity index (χ0) is 9.14. The summed E-state index contributed by atoms with van der Waals surface area (Å²) in [6.45, 7) is 7.05. The molecule has 1 aromatic rings. The largest absolute Gasteiger partial charge is 0.311 e. The van der Waals surface area contributed by atoms with Crippen LogP contribution < -0.4 is 10.9 Å². The molecule has 0 aliphatic heterocycles. The molecule has 0 aromatic heterocycles. The van der Waals surface area contributed by atoms with Crippen LogP contribution in [0.2, 0.25) is 0 Å². The molecule has 1 aromatic carbocycles. The zero-order valence-electron chi connectivity index (χ0n) is 7.96. The lowest BCUT2D eigenvalue weighted by Crippen LogP contribution is -2.30. The maximum absolute atomic E-state index is 5.78. The topological polar surface area (TPSA) is 29.3 Å². The van der Waals surface area contributed by atoms with Crippen molar-refractivity contribution < 1.29 is 0 Å². The van der Waals surface area contributed by atoms with Gasteiger partial charge in [0.1, 0.15) is 0 Å². The summed E-state index contributed by atoms with van der Waals surface area (Å²) in [6.07, 6.45) is 0. The predicted molar refractivity (Wildman–Crippen MR) is 53.1 cm³/mol. The summed E-state index contributed by atoms with van der Waals surface area (Å²) in [5.74, 6) is 5.78. The molecule has 2 nitrogen and oxygen atoms in total. The van der Waals surface area contributed by atoms with E-state index in [9.17, 15) is 0 Å². The van der Waals surface area contributed by atoms with Gasteiger partial charge in [-0.1, -0.05) is 17.7 Å². The minimum Gasteiger partial charge on any atom is -0.311 e. The second-order valence-corrected chi connectivity index (χ2v) is 3.08. The van der Waals surface area contributed by atoms with Gasteiger partial charge in [-0.2, -0.15) is 0 Å². The second-order valence-electron chi connectivity index (χ2n) is 3.08. The summed E-state index contributed by atoms with van der Waals surface area (Å²) in [5, 5.41) is 1.76. The molecule has 0 spiro atoms. The lowest BCUT2D eigenvalue weighted by Gasteiger charge is -2.18. The second kappa shape index (κ2) is 3.59. The van der Waals surface area contributed by atoms with Gasteiger partial charge < -0.3 is 5.01 Å². The zero-order valence-corrected chi connectivity index (χ0v) is 7.96. The number of hydrogen-bond donors (Lipinski definition) is 1. The van der Waals surface area contributed by atoms with E-state index in [0.717, 1.165) is 12.2 Å². The first-order valence-electron chi connectivity index (χ1n) is 4.24. The molecule has 0 atom stereocenters. The highest BCUT2D eigenvalue weighted by molar-refractivity contribution is 5.52. The third-order valence-electron chi connectivity index (χ3n) is 2.00. The number of benzene rings is 1. The number of nitrogens with two attached hydrogens (primary N) is 1. The summed E-state index contributed by atoms with van der Waals surface area (Å²) in [4.78, 5) is 0. The first kappa shape index (κ1) is 9.07. The van der Waals surface area contributed by atoms with Crippen LogP contribution in [0.15, 0.2) is 18.2 Å². The maximum atomic E-state index is 5.78. The van der Waals surface area contributed by atoms with E-state index in [4.69, 9.17) is 5.84 Å². The van der Waals surface area contributed by atoms with Crippen molar-refractivity contribution in [2.45, 2.75) is 20.8 Å². The Hall–Kier alpha value is -1.02. The summed E-state index contributed by atoms with van der Waals surface area (Å²) in [7, 11) is 0. The Bertz CT molecular complexity index is 269. The average Bonchev–Trinajstić information content (AvgIpc) is 2.03. The Labute approximate surface area is 74.0 Å². The number of aryl methyl sites for hydroxylation is 2. The number of hydrogen-bond acceptors (Lipinski definition) is 2. The Morgan fingerprint density at radius 2 is 2.00 bits per heavy atom. The van der Waals surface area contributed by atoms with E-state index in [1.807, 2.05) is 6.92 Å². The summed E-state index contributed by atoms with van der Waals surface area (Å²) < 4.78 is 0. The molecule has 66 valence electrons. The Kier molecular flexibility index (Phi) is 2.71. The minimum atomic E-state index is 0.837. The average molecular weight is 164 g/mol. The van der Waals surface area contributed by atoms with Gasteiger partial charge in [-0.05, 0) is 32.4 Å². The lowest BCUT2D eigenvalue weighted by atomic mass is 10.1. The Morgan fingerprint density at radius 3 is 2.50 bits per heavy atom. The molecular formula is C10H16N2. The smallest absolute Gasteiger partial charge is 0.0546 e. The SMILES string of the molecule is CCN(N)c1ccc(C)cc1C. The third kappa shape index (κ3) is 1.77. The molecular weight excluding hydrogens is 148 g/mol. The molecule has 12 heavy (non-hydrogen) atoms. The Balaban J connectivity index is 3.01. The van der Waals surface area contributed by atoms with Crippen molar-refractivity contribution in [3.63, 3.8) is 0 Å². The van der Waals surface area contributed by atoms with Crippen molar-refractivity contribution in [2.75, 3.05) is 11.6 Å². The van der Waals surface area contributed by atoms with Crippen LogP contribution in [0.3, 0.4) is 0 Å². The molecule has 0 aliphatic rings. The predicted octanol–water partition coefficient (Wildman–Crippen LogP) is 2.00. The number of anilines is 1. The first-order valence-corrected chi connectivity index (χ1v) is 4.24. The molecule has 0 bridgehead atoms. The first-order chi connectivity index (χ1) is 5.65. The van der Waals surface area contributed by atoms with Crippen LogP contribution in [0.25, 0.3) is 0 Å². The maximum Gasteiger partial charge on any atom is 0.0546 e. The molecule has 0 saturated carbocycles. The van der Waals surface area contributed by atoms with Crippen LogP contribution in [0.1, 0.15) is 18.1 Å². The van der Waals surface area contributed by atoms with E-state index in [-0.39, 0.29) is 0 Å². The van der Waals surface area contributed by atoms with E-state index >= 15 is 0 Å². The minimum absolute atomic E-state index is 0.837. The molecule has 0 aliphatic carbocycles.